The summed E-state index contributed by atoms with van der Waals surface area (Å²) in [5, 5.41) is 7.00. The molecule has 2 heterocycles. The van der Waals surface area contributed by atoms with Gasteiger partial charge in [-0.1, -0.05) is 0 Å². The van der Waals surface area contributed by atoms with E-state index in [9.17, 15) is 4.79 Å². The molecule has 0 bridgehead atoms. The fourth-order valence-electron chi connectivity index (χ4n) is 1.67. The summed E-state index contributed by atoms with van der Waals surface area (Å²) >= 11 is 0. The second-order valence-electron chi connectivity index (χ2n) is 3.86. The van der Waals surface area contributed by atoms with Crippen LogP contribution in [0.4, 0.5) is 0 Å². The number of aryl methyl sites for hydroxylation is 2. The molecule has 17 heavy (non-hydrogen) atoms. The maximum Gasteiger partial charge on any atom is 0.254 e. The van der Waals surface area contributed by atoms with E-state index in [1.165, 1.54) is 0 Å². The number of amides is 1. The number of hydrogen-bond acceptors (Lipinski definition) is 4. The zero-order chi connectivity index (χ0) is 12.4. The molecule has 0 radical (unpaired) electrons. The molecule has 0 aliphatic heterocycles. The summed E-state index contributed by atoms with van der Waals surface area (Å²) < 4.78 is 1.67. The third-order valence-corrected chi connectivity index (χ3v) is 2.52. The number of carbonyl (C=O) groups excluding carboxylic acids is 1. The molecule has 3 N–H and O–H groups in total. The summed E-state index contributed by atoms with van der Waals surface area (Å²) in [6.07, 6.45) is 1.57. The van der Waals surface area contributed by atoms with Gasteiger partial charge < -0.3 is 11.1 Å². The summed E-state index contributed by atoms with van der Waals surface area (Å²) in [5.74, 6) is -0.171. The highest BCUT2D eigenvalue weighted by atomic mass is 16.1. The van der Waals surface area contributed by atoms with Crippen LogP contribution in [0.25, 0.3) is 5.65 Å². The lowest BCUT2D eigenvalue weighted by Crippen LogP contribution is -2.30. The van der Waals surface area contributed by atoms with E-state index in [2.05, 4.69) is 15.4 Å². The van der Waals surface area contributed by atoms with Crippen LogP contribution >= 0.6 is 0 Å². The Morgan fingerprint density at radius 3 is 3.00 bits per heavy atom. The van der Waals surface area contributed by atoms with Crippen LogP contribution in [0.2, 0.25) is 0 Å². The second-order valence-corrected chi connectivity index (χ2v) is 3.86. The van der Waals surface area contributed by atoms with Crippen LogP contribution in [0.5, 0.6) is 0 Å². The van der Waals surface area contributed by atoms with Crippen molar-refractivity contribution in [2.45, 2.75) is 13.8 Å². The molecule has 2 rings (SSSR count). The minimum absolute atomic E-state index is 0.171. The summed E-state index contributed by atoms with van der Waals surface area (Å²) in [6, 6.07) is 1.87. The highest BCUT2D eigenvalue weighted by Crippen LogP contribution is 2.10. The molecule has 0 saturated heterocycles. The molecule has 0 aromatic carbocycles. The highest BCUT2D eigenvalue weighted by Gasteiger charge is 2.12. The standard InChI is InChI=1S/C11H15N5O/c1-7-5-10-14-6-9(8(2)16(10)15-7)11(17)13-4-3-12/h5-6H,3-4,12H2,1-2H3,(H,13,17). The van der Waals surface area contributed by atoms with Crippen molar-refractivity contribution >= 4 is 11.6 Å². The van der Waals surface area contributed by atoms with E-state index >= 15 is 0 Å². The average Bonchev–Trinajstić information content (AvgIpc) is 2.68. The maximum absolute atomic E-state index is 11.8. The van der Waals surface area contributed by atoms with E-state index in [0.29, 0.717) is 18.7 Å². The van der Waals surface area contributed by atoms with E-state index < -0.39 is 0 Å². The predicted molar refractivity (Wildman–Crippen MR) is 63.8 cm³/mol. The van der Waals surface area contributed by atoms with E-state index in [0.717, 1.165) is 17.0 Å². The first-order chi connectivity index (χ1) is 8.13. The number of hydrogen-bond donors (Lipinski definition) is 2. The number of nitrogens with two attached hydrogens (primary N) is 1. The zero-order valence-corrected chi connectivity index (χ0v) is 9.90. The number of nitrogens with zero attached hydrogens (tertiary/aromatic N) is 3. The van der Waals surface area contributed by atoms with Gasteiger partial charge in [-0.3, -0.25) is 4.79 Å². The van der Waals surface area contributed by atoms with Crippen molar-refractivity contribution < 1.29 is 4.79 Å². The first-order valence-corrected chi connectivity index (χ1v) is 5.43. The van der Waals surface area contributed by atoms with Gasteiger partial charge in [0, 0.05) is 25.4 Å². The summed E-state index contributed by atoms with van der Waals surface area (Å²) in [4.78, 5) is 16.0. The lowest BCUT2D eigenvalue weighted by molar-refractivity contribution is 0.0953. The molecule has 0 fully saturated rings. The van der Waals surface area contributed by atoms with Crippen LogP contribution < -0.4 is 11.1 Å². The van der Waals surface area contributed by atoms with Crippen LogP contribution in [0, 0.1) is 13.8 Å². The highest BCUT2D eigenvalue weighted by molar-refractivity contribution is 5.95. The average molecular weight is 233 g/mol. The van der Waals surface area contributed by atoms with E-state index in [-0.39, 0.29) is 5.91 Å². The molecule has 2 aromatic rings. The Bertz CT molecular complexity index is 560. The molecule has 0 spiro atoms. The third-order valence-electron chi connectivity index (χ3n) is 2.52. The lowest BCUT2D eigenvalue weighted by atomic mass is 10.2. The lowest BCUT2D eigenvalue weighted by Gasteiger charge is -2.07. The Labute approximate surface area is 98.8 Å². The normalized spacial score (nSPS) is 10.8. The Morgan fingerprint density at radius 1 is 1.53 bits per heavy atom. The van der Waals surface area contributed by atoms with Crippen molar-refractivity contribution in [3.63, 3.8) is 0 Å². The van der Waals surface area contributed by atoms with E-state index in [1.807, 2.05) is 19.9 Å². The Hall–Kier alpha value is -1.95. The third kappa shape index (κ3) is 2.12. The van der Waals surface area contributed by atoms with Gasteiger partial charge in [-0.15, -0.1) is 0 Å². The van der Waals surface area contributed by atoms with Gasteiger partial charge in [0.1, 0.15) is 0 Å². The molecular weight excluding hydrogens is 218 g/mol. The minimum Gasteiger partial charge on any atom is -0.351 e. The molecule has 0 unspecified atom stereocenters. The SMILES string of the molecule is Cc1cc2ncc(C(=O)NCCN)c(C)n2n1. The Morgan fingerprint density at radius 2 is 2.29 bits per heavy atom. The topological polar surface area (TPSA) is 85.3 Å². The monoisotopic (exact) mass is 233 g/mol. The molecule has 6 nitrogen and oxygen atoms in total. The van der Waals surface area contributed by atoms with Gasteiger partial charge >= 0.3 is 0 Å². The van der Waals surface area contributed by atoms with Crippen LogP contribution in [0.1, 0.15) is 21.7 Å². The number of rotatable bonds is 3. The molecule has 0 aliphatic carbocycles. The molecule has 2 aromatic heterocycles. The quantitative estimate of drug-likeness (QED) is 0.783. The molecule has 0 atom stereocenters. The van der Waals surface area contributed by atoms with Gasteiger partial charge in [0.15, 0.2) is 5.65 Å². The van der Waals surface area contributed by atoms with Crippen LogP contribution in [-0.2, 0) is 0 Å². The van der Waals surface area contributed by atoms with Gasteiger partial charge in [-0.25, -0.2) is 9.50 Å². The number of aromatic nitrogens is 3. The van der Waals surface area contributed by atoms with Gasteiger partial charge in [0.2, 0.25) is 0 Å². The largest absolute Gasteiger partial charge is 0.351 e. The molecule has 90 valence electrons. The van der Waals surface area contributed by atoms with Crippen molar-refractivity contribution in [2.75, 3.05) is 13.1 Å². The molecular formula is C11H15N5O. The predicted octanol–water partition coefficient (Wildman–Crippen LogP) is 0.0346. The molecule has 0 aliphatic rings. The van der Waals surface area contributed by atoms with Crippen molar-refractivity contribution in [1.82, 2.24) is 19.9 Å². The van der Waals surface area contributed by atoms with Crippen molar-refractivity contribution in [2.24, 2.45) is 5.73 Å². The number of fused-ring (bicyclic) bond motifs is 1. The van der Waals surface area contributed by atoms with Crippen molar-refractivity contribution in [3.05, 3.63) is 29.2 Å². The fraction of sp³-hybridized carbons (Fsp3) is 0.364. The van der Waals surface area contributed by atoms with Gasteiger partial charge in [0.25, 0.3) is 5.91 Å². The summed E-state index contributed by atoms with van der Waals surface area (Å²) in [7, 11) is 0. The Kier molecular flexibility index (Phi) is 3.06. The first kappa shape index (κ1) is 11.5. The van der Waals surface area contributed by atoms with Crippen molar-refractivity contribution in [3.8, 4) is 0 Å². The number of carbonyl (C=O) groups is 1. The first-order valence-electron chi connectivity index (χ1n) is 5.43. The van der Waals surface area contributed by atoms with E-state index in [1.54, 1.807) is 10.7 Å². The fourth-order valence-corrected chi connectivity index (χ4v) is 1.67. The van der Waals surface area contributed by atoms with Gasteiger partial charge in [-0.05, 0) is 13.8 Å². The maximum atomic E-state index is 11.8. The smallest absolute Gasteiger partial charge is 0.254 e. The Balaban J connectivity index is 2.41. The number of nitrogens with one attached hydrogen (secondary N) is 1. The second kappa shape index (κ2) is 4.50. The zero-order valence-electron chi connectivity index (χ0n) is 9.90. The van der Waals surface area contributed by atoms with Gasteiger partial charge in [-0.2, -0.15) is 5.10 Å². The summed E-state index contributed by atoms with van der Waals surface area (Å²) in [6.45, 7) is 4.61. The molecule has 0 saturated carbocycles. The van der Waals surface area contributed by atoms with Crippen LogP contribution in [0.3, 0.4) is 0 Å². The molecule has 1 amide bonds. The van der Waals surface area contributed by atoms with Crippen molar-refractivity contribution in [1.29, 1.82) is 0 Å². The molecule has 6 heteroatoms. The minimum atomic E-state index is -0.171. The van der Waals surface area contributed by atoms with Gasteiger partial charge in [0.05, 0.1) is 17.0 Å². The summed E-state index contributed by atoms with van der Waals surface area (Å²) in [5.41, 5.74) is 8.26. The van der Waals surface area contributed by atoms with Crippen LogP contribution in [0.15, 0.2) is 12.3 Å². The van der Waals surface area contributed by atoms with E-state index in [4.69, 9.17) is 5.73 Å². The van der Waals surface area contributed by atoms with Crippen LogP contribution in [-0.4, -0.2) is 33.6 Å².